The minimum absolute atomic E-state index is 0.116. The van der Waals surface area contributed by atoms with Crippen LogP contribution in [0.25, 0.3) is 0 Å². The van der Waals surface area contributed by atoms with E-state index in [2.05, 4.69) is 0 Å². The molecule has 2 aromatic rings. The molecule has 20 heavy (non-hydrogen) atoms. The van der Waals surface area contributed by atoms with Crippen LogP contribution in [-0.4, -0.2) is 4.99 Å². The van der Waals surface area contributed by atoms with Crippen LogP contribution in [0.5, 0.6) is 5.75 Å². The van der Waals surface area contributed by atoms with Gasteiger partial charge in [-0.25, -0.2) is 4.39 Å². The first kappa shape index (κ1) is 14.8. The molecule has 2 rings (SSSR count). The van der Waals surface area contributed by atoms with Gasteiger partial charge in [-0.3, -0.25) is 0 Å². The van der Waals surface area contributed by atoms with Crippen LogP contribution in [0, 0.1) is 12.7 Å². The molecule has 5 heteroatoms. The molecule has 0 saturated heterocycles. The van der Waals surface area contributed by atoms with Gasteiger partial charge in [-0.05, 0) is 30.7 Å². The predicted octanol–water partition coefficient (Wildman–Crippen LogP) is 4.00. The Bertz CT molecular complexity index is 660. The molecule has 0 bridgehead atoms. The third kappa shape index (κ3) is 3.46. The lowest BCUT2D eigenvalue weighted by molar-refractivity contribution is 0.298. The molecule has 0 heterocycles. The minimum Gasteiger partial charge on any atom is -0.489 e. The lowest BCUT2D eigenvalue weighted by Gasteiger charge is -2.11. The monoisotopic (exact) mass is 309 g/mol. The highest BCUT2D eigenvalue weighted by Crippen LogP contribution is 2.22. The summed E-state index contributed by atoms with van der Waals surface area (Å²) in [6.45, 7) is 2.02. The summed E-state index contributed by atoms with van der Waals surface area (Å²) < 4.78 is 19.3. The fourth-order valence-corrected chi connectivity index (χ4v) is 1.99. The number of hydrogen-bond donors (Lipinski definition) is 1. The summed E-state index contributed by atoms with van der Waals surface area (Å²) in [7, 11) is 0. The number of rotatable bonds is 4. The Morgan fingerprint density at radius 3 is 2.70 bits per heavy atom. The Hall–Kier alpha value is -1.65. The topological polar surface area (TPSA) is 35.2 Å². The zero-order valence-corrected chi connectivity index (χ0v) is 12.4. The van der Waals surface area contributed by atoms with E-state index < -0.39 is 0 Å². The molecule has 0 radical (unpaired) electrons. The highest BCUT2D eigenvalue weighted by atomic mass is 35.5. The Morgan fingerprint density at radius 1 is 1.30 bits per heavy atom. The van der Waals surface area contributed by atoms with E-state index in [-0.39, 0.29) is 12.4 Å². The second-order valence-corrected chi connectivity index (χ2v) is 5.25. The summed E-state index contributed by atoms with van der Waals surface area (Å²) in [5, 5.41) is 0.359. The molecule has 104 valence electrons. The SMILES string of the molecule is Cc1ccc(C(N)=S)cc1OCc1ccc(Cl)cc1F. The first-order valence-electron chi connectivity index (χ1n) is 5.94. The van der Waals surface area contributed by atoms with Crippen LogP contribution in [0.2, 0.25) is 5.02 Å². The molecule has 0 aliphatic carbocycles. The predicted molar refractivity (Wildman–Crippen MR) is 82.8 cm³/mol. The standard InChI is InChI=1S/C15H13ClFNOS/c1-9-2-3-10(15(18)20)6-14(9)19-8-11-4-5-12(16)7-13(11)17/h2-7H,8H2,1H3,(H2,18,20). The van der Waals surface area contributed by atoms with Gasteiger partial charge < -0.3 is 10.5 Å². The number of halogens is 2. The highest BCUT2D eigenvalue weighted by Gasteiger charge is 2.07. The van der Waals surface area contributed by atoms with Crippen LogP contribution in [0.3, 0.4) is 0 Å². The van der Waals surface area contributed by atoms with Gasteiger partial charge in [0.25, 0.3) is 0 Å². The van der Waals surface area contributed by atoms with E-state index in [0.717, 1.165) is 11.1 Å². The molecule has 0 spiro atoms. The van der Waals surface area contributed by atoms with Gasteiger partial charge in [0.15, 0.2) is 0 Å². The number of ether oxygens (including phenoxy) is 1. The average molecular weight is 310 g/mol. The van der Waals surface area contributed by atoms with Crippen molar-refractivity contribution in [1.82, 2.24) is 0 Å². The lowest BCUT2D eigenvalue weighted by atomic mass is 10.1. The molecule has 2 nitrogen and oxygen atoms in total. The van der Waals surface area contributed by atoms with Crippen molar-refractivity contribution in [2.75, 3.05) is 0 Å². The minimum atomic E-state index is -0.388. The fraction of sp³-hybridized carbons (Fsp3) is 0.133. The highest BCUT2D eigenvalue weighted by molar-refractivity contribution is 7.80. The van der Waals surface area contributed by atoms with Crippen molar-refractivity contribution >= 4 is 28.8 Å². The van der Waals surface area contributed by atoms with Crippen LogP contribution in [0.15, 0.2) is 36.4 Å². The largest absolute Gasteiger partial charge is 0.489 e. The van der Waals surface area contributed by atoms with Gasteiger partial charge in [0.1, 0.15) is 23.2 Å². The maximum Gasteiger partial charge on any atom is 0.131 e. The molecular weight excluding hydrogens is 297 g/mol. The Balaban J connectivity index is 2.18. The number of hydrogen-bond acceptors (Lipinski definition) is 2. The van der Waals surface area contributed by atoms with Crippen molar-refractivity contribution < 1.29 is 9.13 Å². The van der Waals surface area contributed by atoms with Crippen LogP contribution in [-0.2, 0) is 6.61 Å². The summed E-state index contributed by atoms with van der Waals surface area (Å²) in [6.07, 6.45) is 0. The molecule has 0 saturated carbocycles. The second kappa shape index (κ2) is 6.20. The van der Waals surface area contributed by atoms with Crippen LogP contribution >= 0.6 is 23.8 Å². The van der Waals surface area contributed by atoms with Gasteiger partial charge in [0, 0.05) is 16.1 Å². The third-order valence-electron chi connectivity index (χ3n) is 2.87. The molecule has 2 N–H and O–H groups in total. The molecule has 2 aromatic carbocycles. The van der Waals surface area contributed by atoms with Gasteiger partial charge >= 0.3 is 0 Å². The zero-order chi connectivity index (χ0) is 14.7. The van der Waals surface area contributed by atoms with E-state index in [9.17, 15) is 4.39 Å². The summed E-state index contributed by atoms with van der Waals surface area (Å²) in [5.41, 5.74) is 7.67. The second-order valence-electron chi connectivity index (χ2n) is 4.37. The van der Waals surface area contributed by atoms with Crippen LogP contribution in [0.4, 0.5) is 4.39 Å². The van der Waals surface area contributed by atoms with Crippen LogP contribution < -0.4 is 10.5 Å². The van der Waals surface area contributed by atoms with Crippen molar-refractivity contribution in [3.63, 3.8) is 0 Å². The van der Waals surface area contributed by atoms with Gasteiger partial charge in [-0.2, -0.15) is 0 Å². The maximum atomic E-state index is 13.7. The molecule has 0 aliphatic heterocycles. The van der Waals surface area contributed by atoms with Crippen molar-refractivity contribution in [2.24, 2.45) is 5.73 Å². The van der Waals surface area contributed by atoms with Gasteiger partial charge in [-0.15, -0.1) is 0 Å². The molecule has 0 atom stereocenters. The Kier molecular flexibility index (Phi) is 4.57. The van der Waals surface area contributed by atoms with Crippen molar-refractivity contribution in [2.45, 2.75) is 13.5 Å². The first-order chi connectivity index (χ1) is 9.47. The molecule has 0 aromatic heterocycles. The molecule has 0 amide bonds. The lowest BCUT2D eigenvalue weighted by Crippen LogP contribution is -2.10. The quantitative estimate of drug-likeness (QED) is 0.867. The zero-order valence-electron chi connectivity index (χ0n) is 10.8. The first-order valence-corrected chi connectivity index (χ1v) is 6.73. The normalized spacial score (nSPS) is 10.3. The Labute approximate surface area is 127 Å². The summed E-state index contributed by atoms with van der Waals surface area (Å²) in [5.74, 6) is 0.241. The maximum absolute atomic E-state index is 13.7. The third-order valence-corrected chi connectivity index (χ3v) is 3.34. The van der Waals surface area contributed by atoms with Gasteiger partial charge in [-0.1, -0.05) is 42.0 Å². The number of benzene rings is 2. The van der Waals surface area contributed by atoms with E-state index in [4.69, 9.17) is 34.3 Å². The molecule has 0 aliphatic rings. The van der Waals surface area contributed by atoms with Gasteiger partial charge in [0.2, 0.25) is 0 Å². The summed E-state index contributed by atoms with van der Waals surface area (Å²) in [6, 6.07) is 9.94. The number of thiocarbonyl (C=S) groups is 1. The van der Waals surface area contributed by atoms with E-state index in [1.54, 1.807) is 18.2 Å². The summed E-state index contributed by atoms with van der Waals surface area (Å²) in [4.78, 5) is 0.299. The molecular formula is C15H13ClFNOS. The van der Waals surface area contributed by atoms with Crippen LogP contribution in [0.1, 0.15) is 16.7 Å². The average Bonchev–Trinajstić information content (AvgIpc) is 2.39. The van der Waals surface area contributed by atoms with Crippen molar-refractivity contribution in [3.8, 4) is 5.75 Å². The van der Waals surface area contributed by atoms with Gasteiger partial charge in [0.05, 0.1) is 0 Å². The van der Waals surface area contributed by atoms with Crippen molar-refractivity contribution in [1.29, 1.82) is 0 Å². The van der Waals surface area contributed by atoms with E-state index in [0.29, 0.717) is 21.3 Å². The van der Waals surface area contributed by atoms with E-state index in [1.807, 2.05) is 19.1 Å². The van der Waals surface area contributed by atoms with E-state index in [1.165, 1.54) is 6.07 Å². The van der Waals surface area contributed by atoms with Crippen molar-refractivity contribution in [3.05, 3.63) is 63.9 Å². The smallest absolute Gasteiger partial charge is 0.131 e. The fourth-order valence-electron chi connectivity index (χ4n) is 1.70. The molecule has 0 fully saturated rings. The van der Waals surface area contributed by atoms with E-state index >= 15 is 0 Å². The number of nitrogens with two attached hydrogens (primary N) is 1. The molecule has 0 unspecified atom stereocenters. The Morgan fingerprint density at radius 2 is 2.05 bits per heavy atom. The number of aryl methyl sites for hydroxylation is 1. The summed E-state index contributed by atoms with van der Waals surface area (Å²) >= 11 is 10.6.